The molecule has 11 nitrogen and oxygen atoms in total. The summed E-state index contributed by atoms with van der Waals surface area (Å²) in [6.45, 7) is 6.69. The maximum atomic E-state index is 13.5. The minimum atomic E-state index is -0.456. The van der Waals surface area contributed by atoms with Crippen LogP contribution in [0, 0.1) is 6.92 Å². The molecule has 1 heterocycles. The third kappa shape index (κ3) is 9.94. The summed E-state index contributed by atoms with van der Waals surface area (Å²) in [5.74, 6) is 0.158. The minimum absolute atomic E-state index is 0.163. The van der Waals surface area contributed by atoms with Gasteiger partial charge in [-0.05, 0) is 94.2 Å². The van der Waals surface area contributed by atoms with Crippen molar-refractivity contribution in [3.8, 4) is 17.2 Å². The van der Waals surface area contributed by atoms with Crippen LogP contribution < -0.4 is 25.4 Å². The van der Waals surface area contributed by atoms with Crippen LogP contribution in [0.1, 0.15) is 58.4 Å². The van der Waals surface area contributed by atoms with E-state index in [9.17, 15) is 19.5 Å². The Labute approximate surface area is 277 Å². The molecule has 0 saturated carbocycles. The predicted molar refractivity (Wildman–Crippen MR) is 184 cm³/mol. The highest BCUT2D eigenvalue weighted by atomic mass is 16.5. The van der Waals surface area contributed by atoms with E-state index in [4.69, 9.17) is 15.2 Å². The summed E-state index contributed by atoms with van der Waals surface area (Å²) in [5, 5.41) is 13.4. The average molecular weight is 646 g/mol. The van der Waals surface area contributed by atoms with Crippen molar-refractivity contribution in [3.05, 3.63) is 77.4 Å². The number of benzene rings is 3. The molecule has 0 atom stereocenters. The highest BCUT2D eigenvalue weighted by Crippen LogP contribution is 2.32. The van der Waals surface area contributed by atoms with Crippen LogP contribution in [0.25, 0.3) is 0 Å². The van der Waals surface area contributed by atoms with Gasteiger partial charge in [0.25, 0.3) is 11.8 Å². The number of unbranched alkanes of at least 4 members (excludes halogenated alkanes) is 2. The number of carbonyl (C=O) groups excluding carboxylic acids is 3. The highest BCUT2D eigenvalue weighted by Gasteiger charge is 2.21. The Morgan fingerprint density at radius 2 is 1.62 bits per heavy atom. The summed E-state index contributed by atoms with van der Waals surface area (Å²) >= 11 is 0. The summed E-state index contributed by atoms with van der Waals surface area (Å²) in [7, 11) is 3.73. The summed E-state index contributed by atoms with van der Waals surface area (Å²) in [4.78, 5) is 44.7. The molecular weight excluding hydrogens is 598 g/mol. The fourth-order valence-corrected chi connectivity index (χ4v) is 5.27. The van der Waals surface area contributed by atoms with Gasteiger partial charge < -0.3 is 40.3 Å². The first-order valence-electron chi connectivity index (χ1n) is 16.2. The molecule has 1 saturated heterocycles. The van der Waals surface area contributed by atoms with E-state index in [1.165, 1.54) is 17.0 Å². The number of phenols is 1. The van der Waals surface area contributed by atoms with E-state index >= 15 is 0 Å². The van der Waals surface area contributed by atoms with Crippen molar-refractivity contribution >= 4 is 29.1 Å². The Bertz CT molecular complexity index is 1520. The molecule has 47 heavy (non-hydrogen) atoms. The van der Waals surface area contributed by atoms with Crippen LogP contribution in [-0.2, 0) is 4.79 Å². The van der Waals surface area contributed by atoms with Gasteiger partial charge in [-0.1, -0.05) is 18.2 Å². The normalized spacial score (nSPS) is 13.2. The van der Waals surface area contributed by atoms with E-state index in [0.29, 0.717) is 55.4 Å². The first-order chi connectivity index (χ1) is 22.7. The number of aromatic hydroxyl groups is 1. The van der Waals surface area contributed by atoms with Crippen molar-refractivity contribution in [3.63, 3.8) is 0 Å². The number of anilines is 2. The third-order valence-corrected chi connectivity index (χ3v) is 8.16. The second-order valence-corrected chi connectivity index (χ2v) is 11.9. The first kappa shape index (κ1) is 35.2. The van der Waals surface area contributed by atoms with E-state index in [0.717, 1.165) is 51.0 Å². The third-order valence-electron chi connectivity index (χ3n) is 8.16. The summed E-state index contributed by atoms with van der Waals surface area (Å²) < 4.78 is 11.8. The molecule has 1 aliphatic heterocycles. The van der Waals surface area contributed by atoms with Crippen molar-refractivity contribution in [2.75, 3.05) is 70.2 Å². The van der Waals surface area contributed by atoms with Crippen molar-refractivity contribution in [1.82, 2.24) is 9.80 Å². The van der Waals surface area contributed by atoms with Crippen molar-refractivity contribution < 1.29 is 29.0 Å². The molecular formula is C36H47N5O6. The number of hydrogen-bond acceptors (Lipinski definition) is 8. The van der Waals surface area contributed by atoms with Crippen LogP contribution in [-0.4, -0.2) is 92.7 Å². The van der Waals surface area contributed by atoms with Crippen LogP contribution in [0.4, 0.5) is 11.4 Å². The lowest BCUT2D eigenvalue weighted by Crippen LogP contribution is -2.47. The monoisotopic (exact) mass is 645 g/mol. The number of ether oxygens (including phenoxy) is 2. The van der Waals surface area contributed by atoms with E-state index < -0.39 is 5.91 Å². The maximum Gasteiger partial charge on any atom is 0.259 e. The first-order valence-corrected chi connectivity index (χ1v) is 16.2. The minimum Gasteiger partial charge on any atom is -0.506 e. The molecule has 0 aliphatic carbocycles. The Hall–Kier alpha value is -4.61. The van der Waals surface area contributed by atoms with Gasteiger partial charge in [0, 0.05) is 45.2 Å². The quantitative estimate of drug-likeness (QED) is 0.160. The van der Waals surface area contributed by atoms with E-state index in [2.05, 4.69) is 17.3 Å². The second kappa shape index (κ2) is 17.3. The van der Waals surface area contributed by atoms with Crippen molar-refractivity contribution in [2.45, 2.75) is 39.0 Å². The molecule has 4 rings (SSSR count). The number of para-hydroxylation sites is 1. The molecule has 0 aromatic heterocycles. The highest BCUT2D eigenvalue weighted by molar-refractivity contribution is 6.09. The number of nitrogens with two attached hydrogens (primary N) is 1. The molecule has 0 spiro atoms. The number of hydrogen-bond donors (Lipinski definition) is 3. The largest absolute Gasteiger partial charge is 0.506 e. The predicted octanol–water partition coefficient (Wildman–Crippen LogP) is 4.67. The van der Waals surface area contributed by atoms with Crippen LogP contribution >= 0.6 is 0 Å². The Kier molecular flexibility index (Phi) is 13.0. The van der Waals surface area contributed by atoms with Crippen LogP contribution in [0.2, 0.25) is 0 Å². The molecule has 0 unspecified atom stereocenters. The molecule has 252 valence electrons. The Morgan fingerprint density at radius 3 is 2.36 bits per heavy atom. The summed E-state index contributed by atoms with van der Waals surface area (Å²) in [6, 6.07) is 16.8. The standard InChI is InChI=1S/C36H47N5O6/c1-26-13-16-30(33(24-26)47-22-8-4-5-12-34(43)41-20-18-39(2)19-21-41)40(3)36(45)27-14-15-29(31(42)25-27)38-35(44)28-10-6-7-11-32(28)46-23-9-17-37/h6-7,10-11,13-16,24-25,42H,4-5,8-9,12,17-23,37H2,1-3H3,(H,38,44). The molecule has 0 radical (unpaired) electrons. The van der Waals surface area contributed by atoms with E-state index in [1.54, 1.807) is 37.4 Å². The zero-order chi connectivity index (χ0) is 33.8. The van der Waals surface area contributed by atoms with Crippen LogP contribution in [0.3, 0.4) is 0 Å². The lowest BCUT2D eigenvalue weighted by molar-refractivity contribution is -0.132. The number of aryl methyl sites for hydroxylation is 1. The number of amides is 3. The van der Waals surface area contributed by atoms with E-state index in [-0.39, 0.29) is 28.8 Å². The van der Waals surface area contributed by atoms with Gasteiger partial charge in [0.2, 0.25) is 5.91 Å². The molecule has 3 aromatic rings. The second-order valence-electron chi connectivity index (χ2n) is 11.9. The fourth-order valence-electron chi connectivity index (χ4n) is 5.27. The Balaban J connectivity index is 1.32. The molecule has 1 fully saturated rings. The lowest BCUT2D eigenvalue weighted by Gasteiger charge is -2.32. The number of nitrogens with one attached hydrogen (secondary N) is 1. The molecule has 3 aromatic carbocycles. The number of carbonyl (C=O) groups is 3. The SMILES string of the molecule is Cc1ccc(N(C)C(=O)c2ccc(NC(=O)c3ccccc3OCCCN)c(O)c2)c(OCCCCCC(=O)N2CCN(C)CC2)c1. The molecule has 11 heteroatoms. The van der Waals surface area contributed by atoms with Gasteiger partial charge in [0.15, 0.2) is 0 Å². The molecule has 3 amide bonds. The number of rotatable bonds is 15. The van der Waals surface area contributed by atoms with Crippen LogP contribution in [0.5, 0.6) is 17.2 Å². The van der Waals surface area contributed by atoms with Gasteiger partial charge in [0.1, 0.15) is 17.2 Å². The van der Waals surface area contributed by atoms with Gasteiger partial charge in [-0.15, -0.1) is 0 Å². The van der Waals surface area contributed by atoms with Crippen molar-refractivity contribution in [1.29, 1.82) is 0 Å². The summed E-state index contributed by atoms with van der Waals surface area (Å²) in [6.07, 6.45) is 3.65. The summed E-state index contributed by atoms with van der Waals surface area (Å²) in [5.41, 5.74) is 7.84. The molecule has 1 aliphatic rings. The molecule has 4 N–H and O–H groups in total. The zero-order valence-electron chi connectivity index (χ0n) is 27.7. The Morgan fingerprint density at radius 1 is 0.894 bits per heavy atom. The molecule has 0 bridgehead atoms. The van der Waals surface area contributed by atoms with Gasteiger partial charge in [0.05, 0.1) is 30.2 Å². The van der Waals surface area contributed by atoms with Gasteiger partial charge in [-0.25, -0.2) is 0 Å². The number of nitrogens with zero attached hydrogens (tertiary/aromatic N) is 3. The topological polar surface area (TPSA) is 138 Å². The number of likely N-dealkylation sites (N-methyl/N-ethyl adjacent to an activating group) is 1. The maximum absolute atomic E-state index is 13.5. The van der Waals surface area contributed by atoms with Gasteiger partial charge >= 0.3 is 0 Å². The van der Waals surface area contributed by atoms with Crippen LogP contribution in [0.15, 0.2) is 60.7 Å². The average Bonchev–Trinajstić information content (AvgIpc) is 3.07. The lowest BCUT2D eigenvalue weighted by atomic mass is 10.1. The van der Waals surface area contributed by atoms with Gasteiger partial charge in [-0.3, -0.25) is 14.4 Å². The van der Waals surface area contributed by atoms with E-state index in [1.807, 2.05) is 30.0 Å². The number of phenolic OH excluding ortho intramolecular Hbond substituents is 1. The number of piperazine rings is 1. The van der Waals surface area contributed by atoms with Gasteiger partial charge in [-0.2, -0.15) is 0 Å². The zero-order valence-corrected chi connectivity index (χ0v) is 27.7. The fraction of sp³-hybridized carbons (Fsp3) is 0.417. The van der Waals surface area contributed by atoms with Crippen molar-refractivity contribution in [2.24, 2.45) is 5.73 Å². The smallest absolute Gasteiger partial charge is 0.259 e.